The number of para-hydroxylation sites is 1. The molecular formula is C18H18FNO3. The maximum Gasteiger partial charge on any atom is 0.225 e. The molecule has 1 amide bonds. The summed E-state index contributed by atoms with van der Waals surface area (Å²) in [7, 11) is 0. The smallest absolute Gasteiger partial charge is 0.225 e. The Labute approximate surface area is 134 Å². The van der Waals surface area contributed by atoms with Crippen molar-refractivity contribution in [2.24, 2.45) is 0 Å². The van der Waals surface area contributed by atoms with Crippen LogP contribution in [0.4, 0.5) is 10.1 Å². The van der Waals surface area contributed by atoms with E-state index in [1.165, 1.54) is 6.07 Å². The van der Waals surface area contributed by atoms with Gasteiger partial charge in [-0.1, -0.05) is 25.1 Å². The predicted molar refractivity (Wildman–Crippen MR) is 85.5 cm³/mol. The van der Waals surface area contributed by atoms with Gasteiger partial charge < -0.3 is 14.8 Å². The molecule has 1 atom stereocenters. The molecule has 120 valence electrons. The van der Waals surface area contributed by atoms with Crippen molar-refractivity contribution in [1.29, 1.82) is 0 Å². The van der Waals surface area contributed by atoms with Crippen LogP contribution in [0.25, 0.3) is 0 Å². The average Bonchev–Trinajstić information content (AvgIpc) is 2.56. The van der Waals surface area contributed by atoms with Crippen LogP contribution in [0.3, 0.4) is 0 Å². The van der Waals surface area contributed by atoms with Crippen LogP contribution in [0.1, 0.15) is 24.8 Å². The lowest BCUT2D eigenvalue weighted by molar-refractivity contribution is -0.116. The number of rotatable bonds is 4. The van der Waals surface area contributed by atoms with Crippen LogP contribution >= 0.6 is 0 Å². The zero-order chi connectivity index (χ0) is 16.2. The Balaban J connectivity index is 1.65. The van der Waals surface area contributed by atoms with Crippen molar-refractivity contribution in [2.75, 3.05) is 18.5 Å². The number of nitrogens with one attached hydrogen (secondary N) is 1. The standard InChI is InChI=1S/C18H18FNO3/c1-12(10-18(21)20-15-5-3-2-4-14(15)19)13-6-7-16-17(11-13)23-9-8-22-16/h2-7,11-12H,8-10H2,1H3,(H,20,21). The van der Waals surface area contributed by atoms with Gasteiger partial charge in [-0.15, -0.1) is 0 Å². The molecule has 1 unspecified atom stereocenters. The van der Waals surface area contributed by atoms with Crippen molar-refractivity contribution in [3.8, 4) is 11.5 Å². The van der Waals surface area contributed by atoms with E-state index in [0.29, 0.717) is 19.0 Å². The molecule has 2 aromatic carbocycles. The van der Waals surface area contributed by atoms with E-state index in [9.17, 15) is 9.18 Å². The van der Waals surface area contributed by atoms with E-state index in [-0.39, 0.29) is 23.9 Å². The van der Waals surface area contributed by atoms with Gasteiger partial charge in [0.15, 0.2) is 11.5 Å². The first-order valence-electron chi connectivity index (χ1n) is 7.57. The van der Waals surface area contributed by atoms with E-state index >= 15 is 0 Å². The Morgan fingerprint density at radius 2 is 1.91 bits per heavy atom. The number of ether oxygens (including phenoxy) is 2. The SMILES string of the molecule is CC(CC(=O)Nc1ccccc1F)c1ccc2c(c1)OCCO2. The highest BCUT2D eigenvalue weighted by atomic mass is 19.1. The molecule has 0 aliphatic carbocycles. The average molecular weight is 315 g/mol. The monoisotopic (exact) mass is 315 g/mol. The number of hydrogen-bond donors (Lipinski definition) is 1. The molecule has 0 spiro atoms. The van der Waals surface area contributed by atoms with Crippen LogP contribution in [0.2, 0.25) is 0 Å². The first-order valence-corrected chi connectivity index (χ1v) is 7.57. The van der Waals surface area contributed by atoms with E-state index in [1.54, 1.807) is 18.2 Å². The van der Waals surface area contributed by atoms with Crippen molar-refractivity contribution in [2.45, 2.75) is 19.3 Å². The van der Waals surface area contributed by atoms with E-state index in [1.807, 2.05) is 25.1 Å². The Bertz CT molecular complexity index is 717. The van der Waals surface area contributed by atoms with Crippen molar-refractivity contribution >= 4 is 11.6 Å². The lowest BCUT2D eigenvalue weighted by Crippen LogP contribution is -2.17. The minimum absolute atomic E-state index is 0.0161. The second-order valence-electron chi connectivity index (χ2n) is 5.54. The quantitative estimate of drug-likeness (QED) is 0.935. The molecule has 0 aromatic heterocycles. The van der Waals surface area contributed by atoms with Crippen molar-refractivity contribution in [3.05, 3.63) is 53.8 Å². The predicted octanol–water partition coefficient (Wildman–Crippen LogP) is 3.73. The highest BCUT2D eigenvalue weighted by molar-refractivity contribution is 5.91. The second kappa shape index (κ2) is 6.69. The second-order valence-corrected chi connectivity index (χ2v) is 5.54. The van der Waals surface area contributed by atoms with Crippen molar-refractivity contribution in [3.63, 3.8) is 0 Å². The summed E-state index contributed by atoms with van der Waals surface area (Å²) in [6.45, 7) is 3.03. The lowest BCUT2D eigenvalue weighted by atomic mass is 9.97. The van der Waals surface area contributed by atoms with Gasteiger partial charge in [0.2, 0.25) is 5.91 Å². The van der Waals surface area contributed by atoms with Gasteiger partial charge in [-0.05, 0) is 35.7 Å². The lowest BCUT2D eigenvalue weighted by Gasteiger charge is -2.20. The fourth-order valence-electron chi connectivity index (χ4n) is 2.53. The van der Waals surface area contributed by atoms with Crippen LogP contribution in [-0.4, -0.2) is 19.1 Å². The number of anilines is 1. The normalized spacial score (nSPS) is 14.2. The summed E-state index contributed by atoms with van der Waals surface area (Å²) in [6.07, 6.45) is 0.258. The number of carbonyl (C=O) groups excluding carboxylic acids is 1. The van der Waals surface area contributed by atoms with Crippen LogP contribution in [0.15, 0.2) is 42.5 Å². The topological polar surface area (TPSA) is 47.6 Å². The van der Waals surface area contributed by atoms with Gasteiger partial charge in [0.05, 0.1) is 5.69 Å². The molecule has 1 N–H and O–H groups in total. The zero-order valence-electron chi connectivity index (χ0n) is 12.8. The number of amides is 1. The van der Waals surface area contributed by atoms with Crippen molar-refractivity contribution in [1.82, 2.24) is 0 Å². The van der Waals surface area contributed by atoms with Gasteiger partial charge in [-0.2, -0.15) is 0 Å². The van der Waals surface area contributed by atoms with E-state index in [4.69, 9.17) is 9.47 Å². The summed E-state index contributed by atoms with van der Waals surface area (Å²) in [4.78, 5) is 12.1. The molecule has 0 saturated heterocycles. The van der Waals surface area contributed by atoms with Crippen LogP contribution in [0.5, 0.6) is 11.5 Å². The Kier molecular flexibility index (Phi) is 4.46. The molecule has 1 heterocycles. The number of carbonyl (C=O) groups is 1. The Morgan fingerprint density at radius 3 is 2.70 bits per heavy atom. The highest BCUT2D eigenvalue weighted by Gasteiger charge is 2.17. The molecule has 0 fully saturated rings. The van der Waals surface area contributed by atoms with Crippen molar-refractivity contribution < 1.29 is 18.7 Å². The summed E-state index contributed by atoms with van der Waals surface area (Å²) in [5.74, 6) is 0.751. The van der Waals surface area contributed by atoms with E-state index in [2.05, 4.69) is 5.32 Å². The summed E-state index contributed by atoms with van der Waals surface area (Å²) >= 11 is 0. The summed E-state index contributed by atoms with van der Waals surface area (Å²) < 4.78 is 24.6. The third kappa shape index (κ3) is 3.62. The van der Waals surface area contributed by atoms with Gasteiger partial charge in [-0.25, -0.2) is 4.39 Å². The molecule has 1 aliphatic rings. The first kappa shape index (κ1) is 15.3. The molecule has 0 bridgehead atoms. The summed E-state index contributed by atoms with van der Waals surface area (Å²) in [5.41, 5.74) is 1.19. The van der Waals surface area contributed by atoms with Crippen LogP contribution < -0.4 is 14.8 Å². The summed E-state index contributed by atoms with van der Waals surface area (Å²) in [6, 6.07) is 11.8. The van der Waals surface area contributed by atoms with Gasteiger partial charge in [-0.3, -0.25) is 4.79 Å². The van der Waals surface area contributed by atoms with Gasteiger partial charge in [0.25, 0.3) is 0 Å². The molecule has 5 heteroatoms. The zero-order valence-corrected chi connectivity index (χ0v) is 12.8. The number of fused-ring (bicyclic) bond motifs is 1. The number of hydrogen-bond acceptors (Lipinski definition) is 3. The minimum Gasteiger partial charge on any atom is -0.486 e. The van der Waals surface area contributed by atoms with Gasteiger partial charge >= 0.3 is 0 Å². The van der Waals surface area contributed by atoms with Gasteiger partial charge in [0.1, 0.15) is 19.0 Å². The largest absolute Gasteiger partial charge is 0.486 e. The van der Waals surface area contributed by atoms with Crippen LogP contribution in [0, 0.1) is 5.82 Å². The molecular weight excluding hydrogens is 297 g/mol. The Hall–Kier alpha value is -2.56. The fraction of sp³-hybridized carbons (Fsp3) is 0.278. The number of halogens is 1. The van der Waals surface area contributed by atoms with E-state index < -0.39 is 5.82 Å². The first-order chi connectivity index (χ1) is 11.1. The highest BCUT2D eigenvalue weighted by Crippen LogP contribution is 2.34. The molecule has 2 aromatic rings. The molecule has 1 aliphatic heterocycles. The summed E-state index contributed by atoms with van der Waals surface area (Å²) in [5, 5.41) is 2.60. The molecule has 0 saturated carbocycles. The molecule has 0 radical (unpaired) electrons. The van der Waals surface area contributed by atoms with E-state index in [0.717, 1.165) is 11.3 Å². The fourth-order valence-corrected chi connectivity index (χ4v) is 2.53. The third-order valence-electron chi connectivity index (χ3n) is 3.77. The third-order valence-corrected chi connectivity index (χ3v) is 3.77. The molecule has 3 rings (SSSR count). The molecule has 4 nitrogen and oxygen atoms in total. The Morgan fingerprint density at radius 1 is 1.17 bits per heavy atom. The molecule has 23 heavy (non-hydrogen) atoms. The van der Waals surface area contributed by atoms with Gasteiger partial charge in [0, 0.05) is 6.42 Å². The maximum atomic E-state index is 13.6. The number of benzene rings is 2. The minimum atomic E-state index is -0.437. The van der Waals surface area contributed by atoms with Crippen LogP contribution in [-0.2, 0) is 4.79 Å². The maximum absolute atomic E-state index is 13.6.